The molecule has 0 saturated heterocycles. The second-order valence-corrected chi connectivity index (χ2v) is 12.0. The van der Waals surface area contributed by atoms with Gasteiger partial charge in [-0.25, -0.2) is 9.98 Å². The molecule has 0 rings (SSSR count). The molecule has 0 aliphatic carbocycles. The quantitative estimate of drug-likeness (QED) is 0.0462. The van der Waals surface area contributed by atoms with Gasteiger partial charge in [-0.05, 0) is 64.2 Å². The highest BCUT2D eigenvalue weighted by Crippen LogP contribution is 2.12. The van der Waals surface area contributed by atoms with E-state index in [1.807, 2.05) is 0 Å². The lowest BCUT2D eigenvalue weighted by molar-refractivity contribution is -0.118. The van der Waals surface area contributed by atoms with Crippen molar-refractivity contribution in [3.8, 4) is 0 Å². The molecule has 0 spiro atoms. The van der Waals surface area contributed by atoms with Crippen LogP contribution in [-0.4, -0.2) is 24.2 Å². The molecular formula is C38H68N2O2. The van der Waals surface area contributed by atoms with Crippen LogP contribution in [0, 0.1) is 0 Å². The van der Waals surface area contributed by atoms with E-state index in [0.29, 0.717) is 12.8 Å². The number of hydrogen-bond acceptors (Lipinski definition) is 2. The lowest BCUT2D eigenvalue weighted by Crippen LogP contribution is -1.97. The highest BCUT2D eigenvalue weighted by Gasteiger charge is 2.00. The SMILES string of the molecule is CCCCCCCCC=CCCCCCCCC(=O)N=CC=NC(=O)CCCCCCC/C=C\CCCCCCCC. The van der Waals surface area contributed by atoms with Crippen molar-refractivity contribution in [1.82, 2.24) is 0 Å². The molecule has 0 aromatic heterocycles. The number of hydrogen-bond donors (Lipinski definition) is 0. The minimum Gasteiger partial charge on any atom is -0.273 e. The van der Waals surface area contributed by atoms with Gasteiger partial charge in [0.05, 0.1) is 0 Å². The maximum Gasteiger partial charge on any atom is 0.245 e. The Morgan fingerprint density at radius 2 is 0.643 bits per heavy atom. The summed E-state index contributed by atoms with van der Waals surface area (Å²) in [5, 5.41) is 0. The highest BCUT2D eigenvalue weighted by atomic mass is 16.1. The first-order valence-corrected chi connectivity index (χ1v) is 18.1. The molecule has 0 aliphatic heterocycles. The van der Waals surface area contributed by atoms with E-state index in [1.165, 1.54) is 154 Å². The maximum atomic E-state index is 11.9. The van der Waals surface area contributed by atoms with Gasteiger partial charge in [-0.3, -0.25) is 9.59 Å². The number of nitrogens with zero attached hydrogens (tertiary/aromatic N) is 2. The molecule has 0 aromatic rings. The normalized spacial score (nSPS) is 12.1. The Morgan fingerprint density at radius 3 is 0.952 bits per heavy atom. The van der Waals surface area contributed by atoms with Crippen molar-refractivity contribution in [2.75, 3.05) is 0 Å². The summed E-state index contributed by atoms with van der Waals surface area (Å²) in [6.07, 6.45) is 45.5. The molecule has 4 nitrogen and oxygen atoms in total. The highest BCUT2D eigenvalue weighted by molar-refractivity contribution is 6.21. The smallest absolute Gasteiger partial charge is 0.245 e. The van der Waals surface area contributed by atoms with Crippen LogP contribution in [0.4, 0.5) is 0 Å². The Hall–Kier alpha value is -1.84. The minimum atomic E-state index is -0.121. The van der Waals surface area contributed by atoms with Gasteiger partial charge in [-0.1, -0.05) is 141 Å². The summed E-state index contributed by atoms with van der Waals surface area (Å²) in [4.78, 5) is 31.6. The summed E-state index contributed by atoms with van der Waals surface area (Å²) in [5.41, 5.74) is 0. The lowest BCUT2D eigenvalue weighted by Gasteiger charge is -1.99. The third-order valence-electron chi connectivity index (χ3n) is 7.81. The average molecular weight is 585 g/mol. The summed E-state index contributed by atoms with van der Waals surface area (Å²) < 4.78 is 0. The van der Waals surface area contributed by atoms with Gasteiger partial charge in [0.15, 0.2) is 0 Å². The van der Waals surface area contributed by atoms with Crippen molar-refractivity contribution in [2.45, 2.75) is 194 Å². The van der Waals surface area contributed by atoms with Crippen LogP contribution in [0.15, 0.2) is 34.3 Å². The van der Waals surface area contributed by atoms with Crippen LogP contribution >= 0.6 is 0 Å². The van der Waals surface area contributed by atoms with E-state index in [4.69, 9.17) is 0 Å². The molecule has 0 atom stereocenters. The van der Waals surface area contributed by atoms with Crippen LogP contribution in [0.3, 0.4) is 0 Å². The topological polar surface area (TPSA) is 58.9 Å². The van der Waals surface area contributed by atoms with Gasteiger partial charge in [0.25, 0.3) is 0 Å². The first-order valence-electron chi connectivity index (χ1n) is 18.1. The Bertz CT molecular complexity index is 648. The third kappa shape index (κ3) is 34.4. The zero-order chi connectivity index (χ0) is 30.6. The number of carbonyl (C=O) groups is 2. The predicted molar refractivity (Wildman–Crippen MR) is 186 cm³/mol. The molecule has 242 valence electrons. The van der Waals surface area contributed by atoms with Crippen molar-refractivity contribution in [1.29, 1.82) is 0 Å². The number of carbonyl (C=O) groups excluding carboxylic acids is 2. The molecule has 0 fully saturated rings. The van der Waals surface area contributed by atoms with Crippen molar-refractivity contribution >= 4 is 24.2 Å². The predicted octanol–water partition coefficient (Wildman–Crippen LogP) is 12.3. The second-order valence-electron chi connectivity index (χ2n) is 12.0. The monoisotopic (exact) mass is 585 g/mol. The molecule has 0 unspecified atom stereocenters. The van der Waals surface area contributed by atoms with Gasteiger partial charge >= 0.3 is 0 Å². The molecule has 0 aliphatic rings. The third-order valence-corrected chi connectivity index (χ3v) is 7.81. The average Bonchev–Trinajstić information content (AvgIpc) is 2.99. The zero-order valence-electron chi connectivity index (χ0n) is 28.0. The van der Waals surface area contributed by atoms with Gasteiger partial charge in [-0.2, -0.15) is 0 Å². The Morgan fingerprint density at radius 1 is 0.381 bits per heavy atom. The van der Waals surface area contributed by atoms with E-state index in [1.54, 1.807) is 0 Å². The van der Waals surface area contributed by atoms with E-state index < -0.39 is 0 Å². The summed E-state index contributed by atoms with van der Waals surface area (Å²) in [7, 11) is 0. The Labute approximate surface area is 261 Å². The van der Waals surface area contributed by atoms with E-state index >= 15 is 0 Å². The van der Waals surface area contributed by atoms with E-state index in [9.17, 15) is 9.59 Å². The van der Waals surface area contributed by atoms with Gasteiger partial charge in [0.1, 0.15) is 0 Å². The number of rotatable bonds is 31. The van der Waals surface area contributed by atoms with Crippen molar-refractivity contribution < 1.29 is 9.59 Å². The standard InChI is InChI=1S/C38H68N2O2/c1-3-5-7-9-11-13-15-17-19-21-23-25-27-29-31-33-37(41)39-35-36-40-38(42)34-32-30-28-26-24-22-20-18-16-14-12-10-8-6-4-2/h17-20,35-36H,3-16,21-34H2,1-2H3/b19-17-,20-18?,39-35?,40-36?. The molecular weight excluding hydrogens is 516 g/mol. The number of amides is 2. The van der Waals surface area contributed by atoms with E-state index in [-0.39, 0.29) is 11.8 Å². The number of aliphatic imine (C=N–C) groups is 2. The maximum absolute atomic E-state index is 11.9. The first kappa shape index (κ1) is 40.2. The number of allylic oxidation sites excluding steroid dienone is 4. The molecule has 0 bridgehead atoms. The van der Waals surface area contributed by atoms with Crippen LogP contribution in [0.5, 0.6) is 0 Å². The summed E-state index contributed by atoms with van der Waals surface area (Å²) >= 11 is 0. The largest absolute Gasteiger partial charge is 0.273 e. The molecule has 0 saturated carbocycles. The Kier molecular flexibility index (Phi) is 33.8. The molecule has 2 amide bonds. The van der Waals surface area contributed by atoms with Crippen molar-refractivity contribution in [3.63, 3.8) is 0 Å². The fourth-order valence-corrected chi connectivity index (χ4v) is 5.06. The minimum absolute atomic E-state index is 0.121. The molecule has 0 heterocycles. The van der Waals surface area contributed by atoms with Gasteiger partial charge in [0.2, 0.25) is 11.8 Å². The number of unbranched alkanes of at least 4 members (excludes halogenated alkanes) is 22. The van der Waals surface area contributed by atoms with E-state index in [2.05, 4.69) is 48.1 Å². The van der Waals surface area contributed by atoms with Crippen LogP contribution in [0.25, 0.3) is 0 Å². The van der Waals surface area contributed by atoms with E-state index in [0.717, 1.165) is 25.7 Å². The summed E-state index contributed by atoms with van der Waals surface area (Å²) in [6, 6.07) is 0. The molecule has 42 heavy (non-hydrogen) atoms. The van der Waals surface area contributed by atoms with Crippen LogP contribution in [0.2, 0.25) is 0 Å². The molecule has 0 radical (unpaired) electrons. The Balaban J connectivity index is 3.49. The zero-order valence-corrected chi connectivity index (χ0v) is 28.0. The van der Waals surface area contributed by atoms with Crippen molar-refractivity contribution in [3.05, 3.63) is 24.3 Å². The molecule has 4 heteroatoms. The fourth-order valence-electron chi connectivity index (χ4n) is 5.06. The molecule has 0 aromatic carbocycles. The second kappa shape index (κ2) is 35.4. The fraction of sp³-hybridized carbons (Fsp3) is 0.789. The first-order chi connectivity index (χ1) is 20.7. The van der Waals surface area contributed by atoms with Gasteiger partial charge < -0.3 is 0 Å². The summed E-state index contributed by atoms with van der Waals surface area (Å²) in [5.74, 6) is -0.243. The van der Waals surface area contributed by atoms with Crippen LogP contribution in [-0.2, 0) is 9.59 Å². The molecule has 0 N–H and O–H groups in total. The van der Waals surface area contributed by atoms with Crippen LogP contribution < -0.4 is 0 Å². The van der Waals surface area contributed by atoms with Gasteiger partial charge in [0, 0.05) is 25.3 Å². The van der Waals surface area contributed by atoms with Gasteiger partial charge in [-0.15, -0.1) is 0 Å². The van der Waals surface area contributed by atoms with Crippen LogP contribution in [0.1, 0.15) is 194 Å². The summed E-state index contributed by atoms with van der Waals surface area (Å²) in [6.45, 7) is 4.53. The van der Waals surface area contributed by atoms with Crippen molar-refractivity contribution in [2.24, 2.45) is 9.98 Å². The lowest BCUT2D eigenvalue weighted by atomic mass is 10.1.